The van der Waals surface area contributed by atoms with E-state index in [2.05, 4.69) is 38.1 Å². The second kappa shape index (κ2) is 8.59. The van der Waals surface area contributed by atoms with Gasteiger partial charge < -0.3 is 15.2 Å². The Balaban J connectivity index is 1.91. The molecule has 2 aromatic rings. The Bertz CT molecular complexity index is 605. The predicted molar refractivity (Wildman–Crippen MR) is 95.4 cm³/mol. The van der Waals surface area contributed by atoms with E-state index in [1.807, 2.05) is 18.2 Å². The second-order valence-corrected chi connectivity index (χ2v) is 5.89. The molecule has 1 unspecified atom stereocenters. The van der Waals surface area contributed by atoms with Crippen molar-refractivity contribution in [3.05, 3.63) is 59.2 Å². The molecule has 0 spiro atoms. The highest BCUT2D eigenvalue weighted by Crippen LogP contribution is 2.29. The van der Waals surface area contributed by atoms with E-state index in [9.17, 15) is 0 Å². The lowest BCUT2D eigenvalue weighted by Gasteiger charge is -2.18. The van der Waals surface area contributed by atoms with Gasteiger partial charge in [-0.3, -0.25) is 0 Å². The zero-order valence-electron chi connectivity index (χ0n) is 14.3. The highest BCUT2D eigenvalue weighted by Gasteiger charge is 2.14. The summed E-state index contributed by atoms with van der Waals surface area (Å²) in [5, 5.41) is 0. The number of methoxy groups -OCH3 is 1. The van der Waals surface area contributed by atoms with E-state index in [0.717, 1.165) is 24.3 Å². The molecule has 3 nitrogen and oxygen atoms in total. The van der Waals surface area contributed by atoms with E-state index in [1.54, 1.807) is 7.11 Å². The maximum Gasteiger partial charge on any atom is 0.125 e. The van der Waals surface area contributed by atoms with Crippen LogP contribution >= 0.6 is 0 Å². The van der Waals surface area contributed by atoms with Crippen molar-refractivity contribution in [3.63, 3.8) is 0 Å². The van der Waals surface area contributed by atoms with Gasteiger partial charge in [-0.25, -0.2) is 0 Å². The first-order valence-corrected chi connectivity index (χ1v) is 8.19. The third-order valence-electron chi connectivity index (χ3n) is 4.22. The second-order valence-electron chi connectivity index (χ2n) is 5.89. The molecule has 0 aromatic heterocycles. The first kappa shape index (κ1) is 17.4. The van der Waals surface area contributed by atoms with Crippen LogP contribution in [0.3, 0.4) is 0 Å². The Kier molecular flexibility index (Phi) is 6.48. The van der Waals surface area contributed by atoms with Gasteiger partial charge in [0.05, 0.1) is 13.7 Å². The smallest absolute Gasteiger partial charge is 0.125 e. The van der Waals surface area contributed by atoms with Crippen LogP contribution in [0.1, 0.15) is 35.4 Å². The first-order chi connectivity index (χ1) is 11.2. The highest BCUT2D eigenvalue weighted by molar-refractivity contribution is 5.39. The van der Waals surface area contributed by atoms with Crippen LogP contribution in [0.4, 0.5) is 0 Å². The number of hydrogen-bond donors (Lipinski definition) is 1. The van der Waals surface area contributed by atoms with Gasteiger partial charge in [-0.05, 0) is 61.9 Å². The molecule has 2 rings (SSSR count). The summed E-state index contributed by atoms with van der Waals surface area (Å²) in [6.45, 7) is 5.49. The highest BCUT2D eigenvalue weighted by atomic mass is 16.5. The van der Waals surface area contributed by atoms with Crippen molar-refractivity contribution in [1.29, 1.82) is 0 Å². The van der Waals surface area contributed by atoms with Crippen LogP contribution in [0.5, 0.6) is 11.5 Å². The molecule has 3 heteroatoms. The quantitative estimate of drug-likeness (QED) is 0.742. The van der Waals surface area contributed by atoms with E-state index in [4.69, 9.17) is 15.2 Å². The van der Waals surface area contributed by atoms with E-state index in [1.165, 1.54) is 16.7 Å². The van der Waals surface area contributed by atoms with Gasteiger partial charge >= 0.3 is 0 Å². The van der Waals surface area contributed by atoms with Crippen molar-refractivity contribution < 1.29 is 9.47 Å². The predicted octanol–water partition coefficient (Wildman–Crippen LogP) is 4.21. The molecule has 0 saturated carbocycles. The largest absolute Gasteiger partial charge is 0.496 e. The van der Waals surface area contributed by atoms with Crippen molar-refractivity contribution >= 4 is 0 Å². The Morgan fingerprint density at radius 2 is 1.70 bits per heavy atom. The molecule has 0 fully saturated rings. The zero-order chi connectivity index (χ0) is 16.7. The SMILES string of the molecule is COc1ccccc1C(CN)CCCOc1c(C)cccc1C. The van der Waals surface area contributed by atoms with E-state index in [-0.39, 0.29) is 0 Å². The standard InChI is InChI=1S/C20H27NO2/c1-15-8-6-9-16(2)20(15)23-13-7-10-17(14-21)18-11-4-5-12-19(18)22-3/h4-6,8-9,11-12,17H,7,10,13-14,21H2,1-3H3. The van der Waals surface area contributed by atoms with E-state index >= 15 is 0 Å². The summed E-state index contributed by atoms with van der Waals surface area (Å²) in [7, 11) is 1.70. The number of rotatable bonds is 8. The molecular formula is C20H27NO2. The molecule has 0 bridgehead atoms. The molecule has 0 amide bonds. The number of para-hydroxylation sites is 2. The third kappa shape index (κ3) is 4.49. The van der Waals surface area contributed by atoms with Crippen LogP contribution in [0.25, 0.3) is 0 Å². The Hall–Kier alpha value is -2.00. The number of aryl methyl sites for hydroxylation is 2. The average molecular weight is 313 g/mol. The van der Waals surface area contributed by atoms with Gasteiger partial charge in [-0.15, -0.1) is 0 Å². The number of nitrogens with two attached hydrogens (primary N) is 1. The fraction of sp³-hybridized carbons (Fsp3) is 0.400. The topological polar surface area (TPSA) is 44.5 Å². The normalized spacial score (nSPS) is 12.0. The fourth-order valence-electron chi connectivity index (χ4n) is 2.93. The van der Waals surface area contributed by atoms with Crippen LogP contribution in [-0.2, 0) is 0 Å². The monoisotopic (exact) mass is 313 g/mol. The molecule has 0 aliphatic carbocycles. The molecule has 0 aliphatic rings. The zero-order valence-corrected chi connectivity index (χ0v) is 14.3. The van der Waals surface area contributed by atoms with Crippen LogP contribution in [0.2, 0.25) is 0 Å². The molecule has 0 radical (unpaired) electrons. The lowest BCUT2D eigenvalue weighted by Crippen LogP contribution is -2.14. The van der Waals surface area contributed by atoms with Crippen molar-refractivity contribution in [1.82, 2.24) is 0 Å². The van der Waals surface area contributed by atoms with Crippen molar-refractivity contribution in [3.8, 4) is 11.5 Å². The molecule has 124 valence electrons. The van der Waals surface area contributed by atoms with Crippen LogP contribution in [0.15, 0.2) is 42.5 Å². The van der Waals surface area contributed by atoms with Gasteiger partial charge in [-0.2, -0.15) is 0 Å². The lowest BCUT2D eigenvalue weighted by atomic mass is 9.93. The molecule has 1 atom stereocenters. The van der Waals surface area contributed by atoms with Crippen LogP contribution in [0, 0.1) is 13.8 Å². The maximum atomic E-state index is 5.98. The summed E-state index contributed by atoms with van der Waals surface area (Å²) in [6, 6.07) is 14.3. The first-order valence-electron chi connectivity index (χ1n) is 8.19. The summed E-state index contributed by atoms with van der Waals surface area (Å²) in [4.78, 5) is 0. The number of hydrogen-bond acceptors (Lipinski definition) is 3. The van der Waals surface area contributed by atoms with Gasteiger partial charge in [0, 0.05) is 0 Å². The van der Waals surface area contributed by atoms with Gasteiger partial charge in [0.1, 0.15) is 11.5 Å². The van der Waals surface area contributed by atoms with E-state index in [0.29, 0.717) is 19.1 Å². The number of ether oxygens (including phenoxy) is 2. The molecule has 0 heterocycles. The van der Waals surface area contributed by atoms with Gasteiger partial charge in [-0.1, -0.05) is 36.4 Å². The summed E-state index contributed by atoms with van der Waals surface area (Å²) in [5.74, 6) is 2.22. The van der Waals surface area contributed by atoms with Gasteiger partial charge in [0.2, 0.25) is 0 Å². The summed E-state index contributed by atoms with van der Waals surface area (Å²) >= 11 is 0. The van der Waals surface area contributed by atoms with Gasteiger partial charge in [0.15, 0.2) is 0 Å². The molecule has 2 N–H and O–H groups in total. The summed E-state index contributed by atoms with van der Waals surface area (Å²) in [6.07, 6.45) is 1.95. The molecular weight excluding hydrogens is 286 g/mol. The molecule has 23 heavy (non-hydrogen) atoms. The summed E-state index contributed by atoms with van der Waals surface area (Å²) in [5.41, 5.74) is 9.53. The Labute approximate surface area is 139 Å². The third-order valence-corrected chi connectivity index (χ3v) is 4.22. The Morgan fingerprint density at radius 1 is 1.00 bits per heavy atom. The molecule has 2 aromatic carbocycles. The van der Waals surface area contributed by atoms with Crippen molar-refractivity contribution in [2.75, 3.05) is 20.3 Å². The van der Waals surface area contributed by atoms with Crippen LogP contribution < -0.4 is 15.2 Å². The minimum Gasteiger partial charge on any atom is -0.496 e. The summed E-state index contributed by atoms with van der Waals surface area (Å²) < 4.78 is 11.4. The molecule has 0 aliphatic heterocycles. The minimum absolute atomic E-state index is 0.299. The van der Waals surface area contributed by atoms with Crippen molar-refractivity contribution in [2.24, 2.45) is 5.73 Å². The average Bonchev–Trinajstić information content (AvgIpc) is 2.57. The van der Waals surface area contributed by atoms with Crippen LogP contribution in [-0.4, -0.2) is 20.3 Å². The lowest BCUT2D eigenvalue weighted by molar-refractivity contribution is 0.297. The van der Waals surface area contributed by atoms with Crippen molar-refractivity contribution in [2.45, 2.75) is 32.6 Å². The Morgan fingerprint density at radius 3 is 2.35 bits per heavy atom. The minimum atomic E-state index is 0.299. The van der Waals surface area contributed by atoms with Gasteiger partial charge in [0.25, 0.3) is 0 Å². The van der Waals surface area contributed by atoms with E-state index < -0.39 is 0 Å². The number of benzene rings is 2. The molecule has 0 saturated heterocycles. The maximum absolute atomic E-state index is 5.98. The fourth-order valence-corrected chi connectivity index (χ4v) is 2.93.